The summed E-state index contributed by atoms with van der Waals surface area (Å²) < 4.78 is 22.8. The van der Waals surface area contributed by atoms with Crippen molar-refractivity contribution in [2.24, 2.45) is 29.1 Å². The predicted octanol–water partition coefficient (Wildman–Crippen LogP) is 5.99. The molecule has 1 aliphatic rings. The van der Waals surface area contributed by atoms with Gasteiger partial charge in [-0.3, -0.25) is 4.79 Å². The fraction of sp³-hybridized carbons (Fsp3) is 0.735. The van der Waals surface area contributed by atoms with Gasteiger partial charge >= 0.3 is 0 Å². The monoisotopic (exact) mass is 576 g/mol. The third-order valence-electron chi connectivity index (χ3n) is 8.93. The summed E-state index contributed by atoms with van der Waals surface area (Å²) in [5.41, 5.74) is 0.825. The summed E-state index contributed by atoms with van der Waals surface area (Å²) in [7, 11) is 3.23. The molecule has 1 fully saturated rings. The van der Waals surface area contributed by atoms with E-state index in [-0.39, 0.29) is 35.6 Å². The summed E-state index contributed by atoms with van der Waals surface area (Å²) in [4.78, 5) is 13.8. The maximum absolute atomic E-state index is 13.8. The molecule has 0 bridgehead atoms. The molecule has 0 amide bonds. The standard InChI is InChI=1S/C34H56O7/c1-21(2)18-24(5)31-34(9,41-31)30(37)23(4)19-22(3)29(36)33(7,8)32(39-11)25(6)28(35)16-17-40-20-26-12-14-27(38-10)15-13-26/h12-15,18,22-25,28,30-32,35,37H,16-17,19-20H2,1-11H3/t22-,23+,24+,25-,28+,30+,31+,32+,34+/m1/s1. The van der Waals surface area contributed by atoms with Crippen LogP contribution in [0.1, 0.15) is 80.7 Å². The van der Waals surface area contributed by atoms with E-state index in [0.29, 0.717) is 26.1 Å². The normalized spacial score (nSPS) is 24.0. The molecule has 2 N–H and O–H groups in total. The Hall–Kier alpha value is -1.77. The molecule has 0 aliphatic carbocycles. The second kappa shape index (κ2) is 15.1. The Morgan fingerprint density at radius 2 is 1.71 bits per heavy atom. The zero-order valence-electron chi connectivity index (χ0n) is 27.3. The van der Waals surface area contributed by atoms with Crippen LogP contribution in [0.15, 0.2) is 35.9 Å². The van der Waals surface area contributed by atoms with Gasteiger partial charge in [0.2, 0.25) is 0 Å². The summed E-state index contributed by atoms with van der Waals surface area (Å²) in [6.07, 6.45) is 1.28. The van der Waals surface area contributed by atoms with Gasteiger partial charge in [0.1, 0.15) is 17.1 Å². The number of ether oxygens (including phenoxy) is 4. The van der Waals surface area contributed by atoms with Crippen LogP contribution < -0.4 is 4.74 Å². The lowest BCUT2D eigenvalue weighted by molar-refractivity contribution is -0.145. The Kier molecular flexibility index (Phi) is 13.1. The summed E-state index contributed by atoms with van der Waals surface area (Å²) in [6.45, 7) is 18.7. The molecular weight excluding hydrogens is 520 g/mol. The van der Waals surface area contributed by atoms with Gasteiger partial charge in [0, 0.05) is 31.5 Å². The van der Waals surface area contributed by atoms with Gasteiger partial charge in [-0.15, -0.1) is 0 Å². The highest BCUT2D eigenvalue weighted by atomic mass is 16.6. The third kappa shape index (κ3) is 9.11. The van der Waals surface area contributed by atoms with Crippen LogP contribution in [0.2, 0.25) is 0 Å². The topological polar surface area (TPSA) is 97.8 Å². The minimum Gasteiger partial charge on any atom is -0.497 e. The number of methoxy groups -OCH3 is 2. The Balaban J connectivity index is 1.92. The van der Waals surface area contributed by atoms with Crippen LogP contribution in [0.25, 0.3) is 0 Å². The van der Waals surface area contributed by atoms with Crippen LogP contribution >= 0.6 is 0 Å². The number of aliphatic hydroxyl groups excluding tert-OH is 2. The van der Waals surface area contributed by atoms with Crippen molar-refractivity contribution in [3.05, 3.63) is 41.5 Å². The highest BCUT2D eigenvalue weighted by Gasteiger charge is 2.60. The average Bonchev–Trinajstić information content (AvgIpc) is 3.62. The molecule has 0 saturated carbocycles. The summed E-state index contributed by atoms with van der Waals surface area (Å²) in [5.74, 6) is 0.383. The number of ketones is 1. The lowest BCUT2D eigenvalue weighted by atomic mass is 9.70. The molecule has 1 aliphatic heterocycles. The van der Waals surface area contributed by atoms with Gasteiger partial charge < -0.3 is 29.2 Å². The lowest BCUT2D eigenvalue weighted by Gasteiger charge is -2.39. The van der Waals surface area contributed by atoms with Crippen LogP contribution in [0.3, 0.4) is 0 Å². The van der Waals surface area contributed by atoms with Gasteiger partial charge in [-0.25, -0.2) is 0 Å². The maximum Gasteiger partial charge on any atom is 0.143 e. The molecule has 9 atom stereocenters. The van der Waals surface area contributed by atoms with Crippen LogP contribution in [-0.2, 0) is 25.6 Å². The number of rotatable bonds is 18. The molecule has 1 aromatic carbocycles. The summed E-state index contributed by atoms with van der Waals surface area (Å²) in [6, 6.07) is 7.69. The van der Waals surface area contributed by atoms with E-state index in [2.05, 4.69) is 26.8 Å². The van der Waals surface area contributed by atoms with E-state index in [4.69, 9.17) is 18.9 Å². The van der Waals surface area contributed by atoms with E-state index in [9.17, 15) is 15.0 Å². The number of carbonyl (C=O) groups excluding carboxylic acids is 1. The number of hydrogen-bond acceptors (Lipinski definition) is 7. The number of hydrogen-bond donors (Lipinski definition) is 2. The largest absolute Gasteiger partial charge is 0.497 e. The van der Waals surface area contributed by atoms with Gasteiger partial charge in [0.15, 0.2) is 0 Å². The van der Waals surface area contributed by atoms with Gasteiger partial charge in [-0.1, -0.05) is 65.3 Å². The van der Waals surface area contributed by atoms with Gasteiger partial charge in [-0.05, 0) is 57.2 Å². The van der Waals surface area contributed by atoms with Crippen molar-refractivity contribution < 1.29 is 34.0 Å². The molecule has 7 heteroatoms. The Morgan fingerprint density at radius 3 is 2.24 bits per heavy atom. The highest BCUT2D eigenvalue weighted by Crippen LogP contribution is 2.47. The molecule has 0 unspecified atom stereocenters. The van der Waals surface area contributed by atoms with Gasteiger partial charge in [0.05, 0.1) is 43.5 Å². The number of carbonyl (C=O) groups is 1. The Morgan fingerprint density at radius 1 is 1.10 bits per heavy atom. The first-order valence-corrected chi connectivity index (χ1v) is 15.1. The number of aliphatic hydroxyl groups is 2. The zero-order chi connectivity index (χ0) is 31.1. The number of epoxide rings is 1. The first kappa shape index (κ1) is 35.4. The molecule has 7 nitrogen and oxygen atoms in total. The SMILES string of the molecule is COc1ccc(COCC[C@H](O)[C@@H](C)[C@H](OC)C(C)(C)C(=O)[C@H](C)C[C@H](C)[C@H](O)[C@]2(C)O[C@H]2[C@@H](C)C=C(C)C)cc1. The zero-order valence-corrected chi connectivity index (χ0v) is 27.3. The summed E-state index contributed by atoms with van der Waals surface area (Å²) >= 11 is 0. The first-order valence-electron chi connectivity index (χ1n) is 15.1. The van der Waals surface area contributed by atoms with Crippen molar-refractivity contribution in [1.82, 2.24) is 0 Å². The quantitative estimate of drug-likeness (QED) is 0.126. The molecule has 1 heterocycles. The summed E-state index contributed by atoms with van der Waals surface area (Å²) in [5, 5.41) is 22.2. The van der Waals surface area contributed by atoms with Crippen molar-refractivity contribution in [2.75, 3.05) is 20.8 Å². The predicted molar refractivity (Wildman–Crippen MR) is 163 cm³/mol. The molecular formula is C34H56O7. The molecule has 41 heavy (non-hydrogen) atoms. The van der Waals surface area contributed by atoms with Gasteiger partial charge in [-0.2, -0.15) is 0 Å². The van der Waals surface area contributed by atoms with Crippen molar-refractivity contribution >= 4 is 5.78 Å². The fourth-order valence-corrected chi connectivity index (χ4v) is 6.60. The average molecular weight is 577 g/mol. The van der Waals surface area contributed by atoms with E-state index in [1.807, 2.05) is 65.8 Å². The van der Waals surface area contributed by atoms with Crippen LogP contribution in [0, 0.1) is 29.1 Å². The highest BCUT2D eigenvalue weighted by molar-refractivity contribution is 5.86. The number of benzene rings is 1. The molecule has 234 valence electrons. The second-order valence-electron chi connectivity index (χ2n) is 13.2. The number of Topliss-reactive ketones (excluding diaryl/α,β-unsaturated/α-hetero) is 1. The molecule has 0 aromatic heterocycles. The second-order valence-corrected chi connectivity index (χ2v) is 13.2. The van der Waals surface area contributed by atoms with E-state index in [0.717, 1.165) is 11.3 Å². The molecule has 0 radical (unpaired) electrons. The maximum atomic E-state index is 13.8. The van der Waals surface area contributed by atoms with Crippen molar-refractivity contribution in [3.8, 4) is 5.75 Å². The number of allylic oxidation sites excluding steroid dienone is 1. The fourth-order valence-electron chi connectivity index (χ4n) is 6.60. The molecule has 2 rings (SSSR count). The minimum absolute atomic E-state index is 0.0299. The smallest absolute Gasteiger partial charge is 0.143 e. The molecule has 1 aromatic rings. The van der Waals surface area contributed by atoms with Crippen molar-refractivity contribution in [3.63, 3.8) is 0 Å². The van der Waals surface area contributed by atoms with E-state index in [1.165, 1.54) is 5.57 Å². The van der Waals surface area contributed by atoms with E-state index < -0.39 is 29.3 Å². The van der Waals surface area contributed by atoms with Gasteiger partial charge in [0.25, 0.3) is 0 Å². The van der Waals surface area contributed by atoms with Crippen molar-refractivity contribution in [2.45, 2.75) is 112 Å². The van der Waals surface area contributed by atoms with Crippen LogP contribution in [0.4, 0.5) is 0 Å². The third-order valence-corrected chi connectivity index (χ3v) is 8.93. The minimum atomic E-state index is -0.830. The lowest BCUT2D eigenvalue weighted by Crippen LogP contribution is -2.48. The Bertz CT molecular complexity index is 983. The van der Waals surface area contributed by atoms with E-state index in [1.54, 1.807) is 14.2 Å². The molecule has 1 saturated heterocycles. The van der Waals surface area contributed by atoms with Crippen molar-refractivity contribution in [1.29, 1.82) is 0 Å². The van der Waals surface area contributed by atoms with Crippen LogP contribution in [-0.4, -0.2) is 66.8 Å². The molecule has 0 spiro atoms. The Labute approximate surface area is 248 Å². The van der Waals surface area contributed by atoms with E-state index >= 15 is 0 Å². The van der Waals surface area contributed by atoms with Crippen LogP contribution in [0.5, 0.6) is 5.75 Å². The first-order chi connectivity index (χ1) is 19.1.